The molecule has 1 aromatic heterocycles. The van der Waals surface area contributed by atoms with E-state index in [1.54, 1.807) is 17.0 Å². The van der Waals surface area contributed by atoms with Crippen molar-refractivity contribution in [2.45, 2.75) is 25.3 Å². The van der Waals surface area contributed by atoms with Gasteiger partial charge < -0.3 is 9.88 Å². The maximum atomic E-state index is 13.1. The summed E-state index contributed by atoms with van der Waals surface area (Å²) in [5.41, 5.74) is 0.481. The number of carbonyl (C=O) groups is 1. The quantitative estimate of drug-likeness (QED) is 0.925. The van der Waals surface area contributed by atoms with E-state index in [0.717, 1.165) is 24.8 Å². The van der Waals surface area contributed by atoms with E-state index in [1.807, 2.05) is 0 Å². The van der Waals surface area contributed by atoms with Crippen LogP contribution in [0.4, 0.5) is 4.39 Å². The summed E-state index contributed by atoms with van der Waals surface area (Å²) in [6.07, 6.45) is 5.23. The van der Waals surface area contributed by atoms with Crippen LogP contribution in [0.3, 0.4) is 0 Å². The van der Waals surface area contributed by atoms with Gasteiger partial charge in [-0.3, -0.25) is 9.59 Å². The smallest absolute Gasteiger partial charge is 0.263 e. The number of likely N-dealkylation sites (tertiary alicyclic amines) is 1. The van der Waals surface area contributed by atoms with E-state index in [9.17, 15) is 14.0 Å². The lowest BCUT2D eigenvalue weighted by Crippen LogP contribution is -2.40. The van der Waals surface area contributed by atoms with Crippen molar-refractivity contribution in [2.24, 2.45) is 0 Å². The van der Waals surface area contributed by atoms with Crippen LogP contribution >= 0.6 is 0 Å². The van der Waals surface area contributed by atoms with E-state index in [-0.39, 0.29) is 23.3 Å². The Labute approximate surface area is 126 Å². The van der Waals surface area contributed by atoms with Crippen LogP contribution in [0.25, 0.3) is 0 Å². The number of aromatic amines is 1. The van der Waals surface area contributed by atoms with Gasteiger partial charge >= 0.3 is 0 Å². The van der Waals surface area contributed by atoms with Gasteiger partial charge in [-0.15, -0.1) is 0 Å². The molecule has 1 fully saturated rings. The summed E-state index contributed by atoms with van der Waals surface area (Å²) >= 11 is 0. The van der Waals surface area contributed by atoms with Crippen LogP contribution in [0.2, 0.25) is 0 Å². The summed E-state index contributed by atoms with van der Waals surface area (Å²) in [6.45, 7) is 0.579. The summed E-state index contributed by atoms with van der Waals surface area (Å²) in [7, 11) is 0. The molecule has 1 saturated heterocycles. The first-order valence-electron chi connectivity index (χ1n) is 7.26. The molecule has 2 aromatic rings. The van der Waals surface area contributed by atoms with Gasteiger partial charge in [0.1, 0.15) is 11.4 Å². The van der Waals surface area contributed by atoms with Crippen molar-refractivity contribution in [2.75, 3.05) is 6.54 Å². The van der Waals surface area contributed by atoms with Crippen LogP contribution in [0.1, 0.15) is 41.2 Å². The third-order valence-electron chi connectivity index (χ3n) is 3.97. The molecule has 0 saturated carbocycles. The summed E-state index contributed by atoms with van der Waals surface area (Å²) in [6, 6.07) is 6.03. The van der Waals surface area contributed by atoms with E-state index < -0.39 is 5.56 Å². The highest BCUT2D eigenvalue weighted by molar-refractivity contribution is 5.93. The Morgan fingerprint density at radius 3 is 2.77 bits per heavy atom. The Kier molecular flexibility index (Phi) is 4.00. The molecule has 1 atom stereocenters. The summed E-state index contributed by atoms with van der Waals surface area (Å²) < 4.78 is 13.1. The molecule has 114 valence electrons. The molecule has 1 aromatic carbocycles. The van der Waals surface area contributed by atoms with Gasteiger partial charge in [0, 0.05) is 12.7 Å². The predicted octanol–water partition coefficient (Wildman–Crippen LogP) is 2.28. The molecule has 0 bridgehead atoms. The highest BCUT2D eigenvalue weighted by atomic mass is 19.1. The molecular formula is C16H16FN3O2. The van der Waals surface area contributed by atoms with Crippen LogP contribution in [-0.4, -0.2) is 27.3 Å². The number of nitrogens with one attached hydrogen (secondary N) is 1. The first kappa shape index (κ1) is 14.4. The number of benzene rings is 1. The molecule has 0 spiro atoms. The monoisotopic (exact) mass is 301 g/mol. The second kappa shape index (κ2) is 6.09. The zero-order chi connectivity index (χ0) is 15.5. The summed E-state index contributed by atoms with van der Waals surface area (Å²) in [5, 5.41) is 0. The lowest BCUT2D eigenvalue weighted by atomic mass is 9.94. The van der Waals surface area contributed by atoms with Crippen molar-refractivity contribution in [3.63, 3.8) is 0 Å². The maximum Gasteiger partial charge on any atom is 0.263 e. The number of amides is 1. The van der Waals surface area contributed by atoms with Gasteiger partial charge in [0.2, 0.25) is 0 Å². The number of hydrogen-bond acceptors (Lipinski definition) is 3. The Balaban J connectivity index is 1.93. The van der Waals surface area contributed by atoms with Gasteiger partial charge in [0.25, 0.3) is 11.5 Å². The molecule has 0 radical (unpaired) electrons. The third-order valence-corrected chi connectivity index (χ3v) is 3.97. The van der Waals surface area contributed by atoms with Crippen molar-refractivity contribution in [1.29, 1.82) is 0 Å². The Morgan fingerprint density at radius 2 is 2.05 bits per heavy atom. The largest absolute Gasteiger partial charge is 0.331 e. The van der Waals surface area contributed by atoms with E-state index in [1.165, 1.54) is 24.7 Å². The maximum absolute atomic E-state index is 13.1. The molecule has 1 N–H and O–H groups in total. The fourth-order valence-electron chi connectivity index (χ4n) is 2.86. The average Bonchev–Trinajstić information content (AvgIpc) is 2.55. The number of aromatic nitrogens is 2. The van der Waals surface area contributed by atoms with Crippen molar-refractivity contribution in [3.8, 4) is 0 Å². The minimum Gasteiger partial charge on any atom is -0.331 e. The normalized spacial score (nSPS) is 18.2. The first-order chi connectivity index (χ1) is 10.7. The molecule has 3 rings (SSSR count). The van der Waals surface area contributed by atoms with Crippen molar-refractivity contribution in [1.82, 2.24) is 14.9 Å². The first-order valence-corrected chi connectivity index (χ1v) is 7.26. The van der Waals surface area contributed by atoms with Crippen LogP contribution in [0, 0.1) is 5.82 Å². The van der Waals surface area contributed by atoms with E-state index in [0.29, 0.717) is 6.54 Å². The average molecular weight is 301 g/mol. The standard InChI is InChI=1S/C16H16FN3O2/c17-12-6-4-11(5-7-12)14-3-1-2-8-20(14)16(22)13-9-18-10-19-15(13)21/h4-7,9-10,14H,1-3,8H2,(H,18,19,21). The van der Waals surface area contributed by atoms with Gasteiger partial charge in [-0.2, -0.15) is 0 Å². The number of H-pyrrole nitrogens is 1. The Morgan fingerprint density at radius 1 is 1.27 bits per heavy atom. The van der Waals surface area contributed by atoms with E-state index in [2.05, 4.69) is 9.97 Å². The fraction of sp³-hybridized carbons (Fsp3) is 0.312. The van der Waals surface area contributed by atoms with Crippen LogP contribution in [0.5, 0.6) is 0 Å². The predicted molar refractivity (Wildman–Crippen MR) is 78.9 cm³/mol. The van der Waals surface area contributed by atoms with Gasteiger partial charge in [0.05, 0.1) is 12.4 Å². The van der Waals surface area contributed by atoms with Crippen LogP contribution in [-0.2, 0) is 0 Å². The summed E-state index contributed by atoms with van der Waals surface area (Å²) in [4.78, 5) is 32.4. The molecule has 0 aliphatic carbocycles. The van der Waals surface area contributed by atoms with Gasteiger partial charge in [-0.25, -0.2) is 9.37 Å². The van der Waals surface area contributed by atoms with Crippen LogP contribution in [0.15, 0.2) is 41.6 Å². The molecule has 2 heterocycles. The zero-order valence-electron chi connectivity index (χ0n) is 12.0. The molecule has 1 amide bonds. The van der Waals surface area contributed by atoms with Crippen molar-refractivity contribution < 1.29 is 9.18 Å². The van der Waals surface area contributed by atoms with Crippen LogP contribution < -0.4 is 5.56 Å². The number of halogens is 1. The molecular weight excluding hydrogens is 285 g/mol. The molecule has 22 heavy (non-hydrogen) atoms. The number of rotatable bonds is 2. The highest BCUT2D eigenvalue weighted by Crippen LogP contribution is 2.31. The number of carbonyl (C=O) groups excluding carboxylic acids is 1. The van der Waals surface area contributed by atoms with Gasteiger partial charge in [-0.1, -0.05) is 12.1 Å². The topological polar surface area (TPSA) is 66.1 Å². The summed E-state index contributed by atoms with van der Waals surface area (Å²) in [5.74, 6) is -0.635. The number of nitrogens with zero attached hydrogens (tertiary/aromatic N) is 2. The Bertz CT molecular complexity index is 727. The SMILES string of the molecule is O=C(c1cnc[nH]c1=O)N1CCCCC1c1ccc(F)cc1. The minimum atomic E-state index is -0.441. The molecule has 1 unspecified atom stereocenters. The lowest BCUT2D eigenvalue weighted by molar-refractivity contribution is 0.0609. The second-order valence-electron chi connectivity index (χ2n) is 5.36. The fourth-order valence-corrected chi connectivity index (χ4v) is 2.86. The molecule has 6 heteroatoms. The van der Waals surface area contributed by atoms with Crippen molar-refractivity contribution >= 4 is 5.91 Å². The molecule has 5 nitrogen and oxygen atoms in total. The number of piperidine rings is 1. The van der Waals surface area contributed by atoms with E-state index >= 15 is 0 Å². The van der Waals surface area contributed by atoms with Gasteiger partial charge in [-0.05, 0) is 37.0 Å². The molecule has 1 aliphatic rings. The Hall–Kier alpha value is -2.50. The van der Waals surface area contributed by atoms with Gasteiger partial charge in [0.15, 0.2) is 0 Å². The lowest BCUT2D eigenvalue weighted by Gasteiger charge is -2.36. The van der Waals surface area contributed by atoms with E-state index in [4.69, 9.17) is 0 Å². The minimum absolute atomic E-state index is 0.0384. The highest BCUT2D eigenvalue weighted by Gasteiger charge is 2.29. The van der Waals surface area contributed by atoms with Crippen molar-refractivity contribution in [3.05, 3.63) is 64.1 Å². The zero-order valence-corrected chi connectivity index (χ0v) is 12.0. The number of hydrogen-bond donors (Lipinski definition) is 1. The third kappa shape index (κ3) is 2.77. The molecule has 1 aliphatic heterocycles. The second-order valence-corrected chi connectivity index (χ2v) is 5.36.